The molecule has 18 heavy (non-hydrogen) atoms. The number of nitrogens with one attached hydrogen (secondary N) is 1. The van der Waals surface area contributed by atoms with Crippen molar-refractivity contribution in [2.45, 2.75) is 38.4 Å². The fourth-order valence-electron chi connectivity index (χ4n) is 1.49. The van der Waals surface area contributed by atoms with E-state index in [4.69, 9.17) is 9.94 Å². The average molecular weight is 261 g/mol. The van der Waals surface area contributed by atoms with Gasteiger partial charge in [0.1, 0.15) is 6.10 Å². The maximum Gasteiger partial charge on any atom is 0.378 e. The van der Waals surface area contributed by atoms with E-state index in [0.717, 1.165) is 19.3 Å². The van der Waals surface area contributed by atoms with Crippen LogP contribution in [-0.4, -0.2) is 46.6 Å². The Balaban J connectivity index is 2.50. The number of ether oxygens (including phenoxy) is 1. The fourth-order valence-corrected chi connectivity index (χ4v) is 1.49. The van der Waals surface area contributed by atoms with Gasteiger partial charge in [-0.3, -0.25) is 0 Å². The maximum absolute atomic E-state index is 11.1. The van der Waals surface area contributed by atoms with Gasteiger partial charge < -0.3 is 24.9 Å². The minimum absolute atomic E-state index is 0.196. The van der Waals surface area contributed by atoms with E-state index in [9.17, 15) is 15.0 Å². The first-order chi connectivity index (χ1) is 8.61. The number of aliphatic hydroxyl groups excluding tert-OH is 3. The monoisotopic (exact) mass is 261 g/mol. The zero-order chi connectivity index (χ0) is 13.5. The van der Waals surface area contributed by atoms with Gasteiger partial charge in [0.15, 0.2) is 6.10 Å². The summed E-state index contributed by atoms with van der Waals surface area (Å²) >= 11 is 0. The van der Waals surface area contributed by atoms with E-state index < -0.39 is 30.5 Å². The lowest BCUT2D eigenvalue weighted by Crippen LogP contribution is -2.34. The lowest BCUT2D eigenvalue weighted by atomic mass is 10.2. The van der Waals surface area contributed by atoms with Crippen LogP contribution in [0.1, 0.15) is 26.2 Å². The van der Waals surface area contributed by atoms with Crippen LogP contribution in [0, 0.1) is 0 Å². The van der Waals surface area contributed by atoms with Crippen LogP contribution in [0.3, 0.4) is 0 Å². The Hall–Kier alpha value is -1.31. The predicted molar refractivity (Wildman–Crippen MR) is 61.2 cm³/mol. The van der Waals surface area contributed by atoms with E-state index in [1.807, 2.05) is 0 Å². The number of cyclic esters (lactones) is 1. The predicted octanol–water partition coefficient (Wildman–Crippen LogP) is -0.254. The first-order valence-electron chi connectivity index (χ1n) is 5.94. The molecule has 0 amide bonds. The number of carbonyl (C=O) groups excluding carboxylic acids is 1. The molecule has 7 nitrogen and oxygen atoms in total. The summed E-state index contributed by atoms with van der Waals surface area (Å²) in [5.41, 5.74) is 2.58. The molecular formula is C11H19NO6. The first kappa shape index (κ1) is 14.7. The van der Waals surface area contributed by atoms with E-state index in [2.05, 4.69) is 17.1 Å². The number of rotatable bonds is 8. The molecule has 1 rings (SSSR count). The van der Waals surface area contributed by atoms with Gasteiger partial charge in [-0.1, -0.05) is 19.8 Å². The van der Waals surface area contributed by atoms with E-state index in [0.29, 0.717) is 6.54 Å². The quantitative estimate of drug-likeness (QED) is 0.271. The van der Waals surface area contributed by atoms with Gasteiger partial charge in [-0.25, -0.2) is 4.79 Å². The van der Waals surface area contributed by atoms with Crippen molar-refractivity contribution in [2.75, 3.05) is 13.2 Å². The highest BCUT2D eigenvalue weighted by Gasteiger charge is 2.41. The molecule has 2 atom stereocenters. The van der Waals surface area contributed by atoms with E-state index in [1.54, 1.807) is 0 Å². The van der Waals surface area contributed by atoms with Crippen LogP contribution < -0.4 is 5.48 Å². The van der Waals surface area contributed by atoms with Crippen LogP contribution in [0.15, 0.2) is 11.5 Å². The number of hydrogen-bond acceptors (Lipinski definition) is 7. The van der Waals surface area contributed by atoms with E-state index >= 15 is 0 Å². The van der Waals surface area contributed by atoms with Crippen LogP contribution in [0.2, 0.25) is 0 Å². The van der Waals surface area contributed by atoms with Gasteiger partial charge in [-0.15, -0.1) is 0 Å². The summed E-state index contributed by atoms with van der Waals surface area (Å²) in [6.07, 6.45) is 0.460. The molecule has 7 heteroatoms. The van der Waals surface area contributed by atoms with Crippen LogP contribution >= 0.6 is 0 Å². The second kappa shape index (κ2) is 7.20. The van der Waals surface area contributed by atoms with Gasteiger partial charge in [0.05, 0.1) is 6.61 Å². The highest BCUT2D eigenvalue weighted by atomic mass is 16.7. The molecule has 0 saturated heterocycles. The van der Waals surface area contributed by atoms with Crippen molar-refractivity contribution < 1.29 is 29.7 Å². The SMILES string of the molecule is CCCCCNOC1=C(O)C(=O)O[C@@H]1[C@@H](O)CO. The summed E-state index contributed by atoms with van der Waals surface area (Å²) in [7, 11) is 0. The van der Waals surface area contributed by atoms with Gasteiger partial charge in [-0.05, 0) is 6.42 Å². The standard InChI is InChI=1S/C11H19NO6/c1-2-3-4-5-12-18-10-8(15)11(16)17-9(10)7(14)6-13/h7,9,12-15H,2-6H2,1H3/t7-,9+/m0/s1. The maximum atomic E-state index is 11.1. The topological polar surface area (TPSA) is 108 Å². The Morgan fingerprint density at radius 3 is 2.83 bits per heavy atom. The fraction of sp³-hybridized carbons (Fsp3) is 0.727. The smallest absolute Gasteiger partial charge is 0.378 e. The van der Waals surface area contributed by atoms with Crippen LogP contribution in [0.5, 0.6) is 0 Å². The van der Waals surface area contributed by atoms with Crippen LogP contribution in [0.25, 0.3) is 0 Å². The number of carbonyl (C=O) groups is 1. The van der Waals surface area contributed by atoms with Crippen molar-refractivity contribution >= 4 is 5.97 Å². The summed E-state index contributed by atoms with van der Waals surface area (Å²) in [4.78, 5) is 16.2. The van der Waals surface area contributed by atoms with Gasteiger partial charge >= 0.3 is 5.97 Å². The molecule has 0 saturated carbocycles. The lowest BCUT2D eigenvalue weighted by Gasteiger charge is -2.18. The van der Waals surface area contributed by atoms with Crippen molar-refractivity contribution in [3.05, 3.63) is 11.5 Å². The molecule has 104 valence electrons. The molecule has 1 heterocycles. The Morgan fingerprint density at radius 2 is 2.22 bits per heavy atom. The summed E-state index contributed by atoms with van der Waals surface area (Å²) in [5.74, 6) is -1.86. The highest BCUT2D eigenvalue weighted by molar-refractivity contribution is 5.89. The molecule has 0 spiro atoms. The summed E-state index contributed by atoms with van der Waals surface area (Å²) in [6.45, 7) is 2.00. The number of hydrogen-bond donors (Lipinski definition) is 4. The number of unbranched alkanes of at least 4 members (excludes halogenated alkanes) is 2. The largest absolute Gasteiger partial charge is 0.499 e. The molecular weight excluding hydrogens is 242 g/mol. The molecule has 0 aliphatic carbocycles. The zero-order valence-corrected chi connectivity index (χ0v) is 10.3. The van der Waals surface area contributed by atoms with Crippen LogP contribution in [-0.2, 0) is 14.4 Å². The molecule has 0 bridgehead atoms. The molecule has 4 N–H and O–H groups in total. The molecule has 0 aromatic heterocycles. The molecule has 0 fully saturated rings. The molecule has 1 aliphatic rings. The Labute approximate surface area is 105 Å². The van der Waals surface area contributed by atoms with Gasteiger partial charge in [0, 0.05) is 6.54 Å². The minimum Gasteiger partial charge on any atom is -0.499 e. The first-order valence-corrected chi connectivity index (χ1v) is 5.94. The zero-order valence-electron chi connectivity index (χ0n) is 10.3. The summed E-state index contributed by atoms with van der Waals surface area (Å²) in [5, 5.41) is 27.7. The van der Waals surface area contributed by atoms with E-state index in [-0.39, 0.29) is 5.76 Å². The minimum atomic E-state index is -1.33. The van der Waals surface area contributed by atoms with Gasteiger partial charge in [0.25, 0.3) is 0 Å². The van der Waals surface area contributed by atoms with Crippen molar-refractivity contribution in [3.63, 3.8) is 0 Å². The van der Waals surface area contributed by atoms with Crippen molar-refractivity contribution in [2.24, 2.45) is 0 Å². The van der Waals surface area contributed by atoms with Gasteiger partial charge in [0.2, 0.25) is 11.5 Å². The molecule has 0 aromatic carbocycles. The van der Waals surface area contributed by atoms with Crippen LogP contribution in [0.4, 0.5) is 0 Å². The van der Waals surface area contributed by atoms with Crippen molar-refractivity contribution in [3.8, 4) is 0 Å². The molecule has 0 aromatic rings. The second-order valence-corrected chi connectivity index (χ2v) is 3.99. The Bertz CT molecular complexity index is 317. The highest BCUT2D eigenvalue weighted by Crippen LogP contribution is 2.23. The summed E-state index contributed by atoms with van der Waals surface area (Å²) in [6, 6.07) is 0. The van der Waals surface area contributed by atoms with E-state index in [1.165, 1.54) is 0 Å². The summed E-state index contributed by atoms with van der Waals surface area (Å²) < 4.78 is 4.68. The second-order valence-electron chi connectivity index (χ2n) is 3.99. The number of hydroxylamine groups is 1. The number of aliphatic hydroxyl groups is 3. The third kappa shape index (κ3) is 3.59. The number of esters is 1. The third-order valence-electron chi connectivity index (χ3n) is 2.52. The Kier molecular flexibility index (Phi) is 5.90. The molecule has 0 radical (unpaired) electrons. The van der Waals surface area contributed by atoms with Gasteiger partial charge in [-0.2, -0.15) is 5.48 Å². The molecule has 0 unspecified atom stereocenters. The average Bonchev–Trinajstić information content (AvgIpc) is 2.65. The normalized spacial score (nSPS) is 21.1. The van der Waals surface area contributed by atoms with Crippen molar-refractivity contribution in [1.29, 1.82) is 0 Å². The molecule has 1 aliphatic heterocycles. The lowest BCUT2D eigenvalue weighted by molar-refractivity contribution is -0.148. The third-order valence-corrected chi connectivity index (χ3v) is 2.52. The van der Waals surface area contributed by atoms with Crippen molar-refractivity contribution in [1.82, 2.24) is 5.48 Å². The Morgan fingerprint density at radius 1 is 1.50 bits per heavy atom.